The molecule has 0 fully saturated rings. The van der Waals surface area contributed by atoms with E-state index in [0.29, 0.717) is 5.89 Å². The van der Waals surface area contributed by atoms with Crippen LogP contribution in [0.1, 0.15) is 25.0 Å². The zero-order valence-electron chi connectivity index (χ0n) is 28.0. The molecule has 0 bridgehead atoms. The third kappa shape index (κ3) is 4.00. The lowest BCUT2D eigenvalue weighted by Crippen LogP contribution is -2.16. The van der Waals surface area contributed by atoms with Crippen LogP contribution >= 0.6 is 0 Å². The summed E-state index contributed by atoms with van der Waals surface area (Å²) in [5.74, 6) is 0.594. The van der Waals surface area contributed by atoms with Gasteiger partial charge in [-0.2, -0.15) is 0 Å². The SMILES string of the molecule is CC1(C)c2ccccc2-c2c(N(c3ccc4c(c3)oc3ccccc34)c3cccc4c3oc3cc5nc(-c6ccccc6)oc5cc34)cccc21. The van der Waals surface area contributed by atoms with Gasteiger partial charge in [0.1, 0.15) is 22.3 Å². The summed E-state index contributed by atoms with van der Waals surface area (Å²) in [5, 5.41) is 4.18. The highest BCUT2D eigenvalue weighted by molar-refractivity contribution is 6.14. The van der Waals surface area contributed by atoms with Gasteiger partial charge in [0.25, 0.3) is 0 Å². The molecule has 7 aromatic carbocycles. The molecule has 5 heteroatoms. The summed E-state index contributed by atoms with van der Waals surface area (Å²) >= 11 is 0. The molecule has 11 rings (SSSR count). The number of hydrogen-bond acceptors (Lipinski definition) is 5. The van der Waals surface area contributed by atoms with Crippen LogP contribution in [-0.4, -0.2) is 4.98 Å². The minimum absolute atomic E-state index is 0.151. The van der Waals surface area contributed by atoms with Gasteiger partial charge in [-0.05, 0) is 65.2 Å². The van der Waals surface area contributed by atoms with E-state index in [9.17, 15) is 0 Å². The Hall–Kier alpha value is -6.59. The van der Waals surface area contributed by atoms with E-state index in [4.69, 9.17) is 18.2 Å². The number of nitrogens with zero attached hydrogens (tertiary/aromatic N) is 2. The average Bonchev–Trinajstić information content (AvgIpc) is 3.91. The molecule has 0 radical (unpaired) electrons. The van der Waals surface area contributed by atoms with E-state index in [0.717, 1.165) is 77.6 Å². The molecule has 1 aliphatic carbocycles. The molecular weight excluding hydrogens is 629 g/mol. The van der Waals surface area contributed by atoms with Gasteiger partial charge in [-0.15, -0.1) is 0 Å². The number of benzene rings is 7. The van der Waals surface area contributed by atoms with Crippen molar-refractivity contribution in [2.45, 2.75) is 19.3 Å². The van der Waals surface area contributed by atoms with E-state index in [1.807, 2.05) is 48.5 Å². The third-order valence-electron chi connectivity index (χ3n) is 10.7. The Morgan fingerprint density at radius 3 is 2.16 bits per heavy atom. The highest BCUT2D eigenvalue weighted by atomic mass is 16.4. The number of furan rings is 2. The summed E-state index contributed by atoms with van der Waals surface area (Å²) in [5.41, 5.74) is 13.6. The summed E-state index contributed by atoms with van der Waals surface area (Å²) < 4.78 is 19.6. The Morgan fingerprint density at radius 2 is 1.24 bits per heavy atom. The van der Waals surface area contributed by atoms with Crippen LogP contribution in [0.3, 0.4) is 0 Å². The quantitative estimate of drug-likeness (QED) is 0.188. The molecule has 0 saturated heterocycles. The number of oxazole rings is 1. The van der Waals surface area contributed by atoms with Crippen LogP contribution in [-0.2, 0) is 5.41 Å². The first-order valence-electron chi connectivity index (χ1n) is 17.3. The van der Waals surface area contributed by atoms with Crippen molar-refractivity contribution in [1.29, 1.82) is 0 Å². The van der Waals surface area contributed by atoms with Crippen molar-refractivity contribution in [2.75, 3.05) is 4.90 Å². The molecule has 0 unspecified atom stereocenters. The first-order valence-corrected chi connectivity index (χ1v) is 17.3. The molecule has 0 saturated carbocycles. The second kappa shape index (κ2) is 10.2. The van der Waals surface area contributed by atoms with Crippen molar-refractivity contribution in [2.24, 2.45) is 0 Å². The lowest BCUT2D eigenvalue weighted by Gasteiger charge is -2.28. The Labute approximate surface area is 293 Å². The van der Waals surface area contributed by atoms with Crippen molar-refractivity contribution in [3.05, 3.63) is 157 Å². The molecule has 0 N–H and O–H groups in total. The second-order valence-electron chi connectivity index (χ2n) is 13.9. The van der Waals surface area contributed by atoms with Crippen molar-refractivity contribution in [3.8, 4) is 22.6 Å². The summed E-state index contributed by atoms with van der Waals surface area (Å²) in [7, 11) is 0. The van der Waals surface area contributed by atoms with Gasteiger partial charge in [-0.25, -0.2) is 4.98 Å². The first-order chi connectivity index (χ1) is 25.0. The molecule has 10 aromatic rings. The minimum Gasteiger partial charge on any atom is -0.456 e. The summed E-state index contributed by atoms with van der Waals surface area (Å²) in [6, 6.07) is 50.6. The number of aromatic nitrogens is 1. The molecule has 0 amide bonds. The summed E-state index contributed by atoms with van der Waals surface area (Å²) in [6.45, 7) is 4.64. The van der Waals surface area contributed by atoms with E-state index >= 15 is 0 Å². The average molecular weight is 659 g/mol. The Kier molecular flexibility index (Phi) is 5.66. The monoisotopic (exact) mass is 658 g/mol. The van der Waals surface area contributed by atoms with Crippen LogP contribution in [0.4, 0.5) is 17.1 Å². The van der Waals surface area contributed by atoms with Crippen molar-refractivity contribution >= 4 is 72.0 Å². The smallest absolute Gasteiger partial charge is 0.227 e. The standard InChI is InChI=1S/C46H30N2O3/c1-46(2)34-17-8-6-15-32(34)43-35(46)18-11-19-37(43)48(28-22-23-30-29-14-7-9-21-39(29)49-40(30)24-28)38-20-10-16-31-33-25-42-36(26-41(33)50-44(31)38)47-45(51-42)27-12-4-3-5-13-27/h3-26H,1-2H3. The minimum atomic E-state index is -0.151. The number of para-hydroxylation sites is 2. The maximum atomic E-state index is 6.85. The highest BCUT2D eigenvalue weighted by Gasteiger charge is 2.38. The normalized spacial score (nSPS) is 13.5. The number of anilines is 3. The third-order valence-corrected chi connectivity index (χ3v) is 10.7. The summed E-state index contributed by atoms with van der Waals surface area (Å²) in [6.07, 6.45) is 0. The van der Waals surface area contributed by atoms with Crippen molar-refractivity contribution in [3.63, 3.8) is 0 Å². The molecule has 0 spiro atoms. The maximum absolute atomic E-state index is 6.85. The van der Waals surface area contributed by atoms with Crippen LogP contribution < -0.4 is 4.90 Å². The van der Waals surface area contributed by atoms with E-state index in [1.165, 1.54) is 22.3 Å². The van der Waals surface area contributed by atoms with Gasteiger partial charge in [0.2, 0.25) is 5.89 Å². The fourth-order valence-corrected chi connectivity index (χ4v) is 8.27. The van der Waals surface area contributed by atoms with Gasteiger partial charge in [0, 0.05) is 50.2 Å². The fraction of sp³-hybridized carbons (Fsp3) is 0.0652. The van der Waals surface area contributed by atoms with Crippen LogP contribution in [0.15, 0.2) is 159 Å². The molecule has 0 aliphatic heterocycles. The maximum Gasteiger partial charge on any atom is 0.227 e. The van der Waals surface area contributed by atoms with Crippen LogP contribution in [0.2, 0.25) is 0 Å². The number of hydrogen-bond donors (Lipinski definition) is 0. The molecule has 1 aliphatic rings. The molecule has 3 aromatic heterocycles. The largest absolute Gasteiger partial charge is 0.456 e. The molecule has 0 atom stereocenters. The van der Waals surface area contributed by atoms with Crippen LogP contribution in [0.25, 0.3) is 77.6 Å². The molecule has 5 nitrogen and oxygen atoms in total. The zero-order valence-corrected chi connectivity index (χ0v) is 28.0. The molecular formula is C46H30N2O3. The highest BCUT2D eigenvalue weighted by Crippen LogP contribution is 2.55. The van der Waals surface area contributed by atoms with E-state index < -0.39 is 0 Å². The van der Waals surface area contributed by atoms with Gasteiger partial charge in [0.15, 0.2) is 11.2 Å². The second-order valence-corrected chi connectivity index (χ2v) is 13.9. The molecule has 3 heterocycles. The Morgan fingerprint density at radius 1 is 0.510 bits per heavy atom. The van der Waals surface area contributed by atoms with Crippen LogP contribution in [0, 0.1) is 0 Å². The number of fused-ring (bicyclic) bond motifs is 10. The van der Waals surface area contributed by atoms with Gasteiger partial charge in [-0.3, -0.25) is 0 Å². The van der Waals surface area contributed by atoms with E-state index in [2.05, 4.69) is 116 Å². The predicted octanol–water partition coefficient (Wildman–Crippen LogP) is 13.1. The van der Waals surface area contributed by atoms with Crippen molar-refractivity contribution < 1.29 is 13.3 Å². The van der Waals surface area contributed by atoms with Gasteiger partial charge in [-0.1, -0.05) is 98.8 Å². The molecule has 242 valence electrons. The fourth-order valence-electron chi connectivity index (χ4n) is 8.27. The number of rotatable bonds is 4. The van der Waals surface area contributed by atoms with E-state index in [1.54, 1.807) is 0 Å². The first kappa shape index (κ1) is 28.3. The van der Waals surface area contributed by atoms with Gasteiger partial charge < -0.3 is 18.2 Å². The Bertz CT molecular complexity index is 3020. The summed E-state index contributed by atoms with van der Waals surface area (Å²) in [4.78, 5) is 7.17. The lowest BCUT2D eigenvalue weighted by molar-refractivity contribution is 0.620. The van der Waals surface area contributed by atoms with E-state index in [-0.39, 0.29) is 5.41 Å². The predicted molar refractivity (Wildman–Crippen MR) is 206 cm³/mol. The van der Waals surface area contributed by atoms with Gasteiger partial charge >= 0.3 is 0 Å². The Balaban J connectivity index is 1.17. The van der Waals surface area contributed by atoms with Crippen LogP contribution in [0.5, 0.6) is 0 Å². The van der Waals surface area contributed by atoms with Gasteiger partial charge in [0.05, 0.1) is 17.1 Å². The molecule has 51 heavy (non-hydrogen) atoms. The lowest BCUT2D eigenvalue weighted by atomic mass is 9.82. The topological polar surface area (TPSA) is 55.6 Å². The zero-order chi connectivity index (χ0) is 33.8. The van der Waals surface area contributed by atoms with Crippen molar-refractivity contribution in [1.82, 2.24) is 4.98 Å².